The lowest BCUT2D eigenvalue weighted by atomic mass is 10.2. The van der Waals surface area contributed by atoms with E-state index >= 15 is 0 Å². The molecule has 1 aromatic carbocycles. The number of benzene rings is 1. The molecule has 0 saturated heterocycles. The van der Waals surface area contributed by atoms with Crippen LogP contribution in [0.5, 0.6) is 17.4 Å². The van der Waals surface area contributed by atoms with E-state index in [0.29, 0.717) is 11.3 Å². The molecule has 0 aliphatic rings. The molecular weight excluding hydrogens is 537 g/mol. The Hall–Kier alpha value is -2.96. The number of amides is 1. The van der Waals surface area contributed by atoms with E-state index in [1.54, 1.807) is 39.5 Å². The van der Waals surface area contributed by atoms with E-state index in [2.05, 4.69) is 9.84 Å². The summed E-state index contributed by atoms with van der Waals surface area (Å²) in [6, 6.07) is 2.74. The summed E-state index contributed by atoms with van der Waals surface area (Å²) in [6.45, 7) is 7.93. The Balaban J connectivity index is 2.35. The van der Waals surface area contributed by atoms with E-state index < -0.39 is 33.8 Å². The zero-order chi connectivity index (χ0) is 27.4. The summed E-state index contributed by atoms with van der Waals surface area (Å²) in [7, 11) is -1.40. The third kappa shape index (κ3) is 8.04. The molecule has 0 spiro atoms. The smallest absolute Gasteiger partial charge is 0.421 e. The number of ether oxygens (including phenoxy) is 4. The van der Waals surface area contributed by atoms with E-state index in [9.17, 15) is 18.0 Å². The first-order chi connectivity index (χ1) is 16.5. The van der Waals surface area contributed by atoms with Crippen LogP contribution in [0.1, 0.15) is 39.0 Å². The summed E-state index contributed by atoms with van der Waals surface area (Å²) in [5, 5.41) is 5.27. The number of esters is 1. The van der Waals surface area contributed by atoms with Gasteiger partial charge in [-0.15, -0.1) is 0 Å². The lowest BCUT2D eigenvalue weighted by molar-refractivity contribution is -0.147. The Labute approximate surface area is 219 Å². The van der Waals surface area contributed by atoms with Crippen LogP contribution in [0, 0.1) is 6.92 Å². The van der Waals surface area contributed by atoms with Crippen molar-refractivity contribution < 1.29 is 37.0 Å². The second-order valence-corrected chi connectivity index (χ2v) is 10.9. The normalized spacial score (nSPS) is 12.8. The summed E-state index contributed by atoms with van der Waals surface area (Å²) in [4.78, 5) is 23.5. The highest BCUT2D eigenvalue weighted by Crippen LogP contribution is 2.39. The molecule has 1 atom stereocenters. The number of nitrogens with one attached hydrogen (secondary N) is 1. The van der Waals surface area contributed by atoms with Crippen LogP contribution < -0.4 is 14.2 Å². The van der Waals surface area contributed by atoms with Gasteiger partial charge in [-0.25, -0.2) is 27.4 Å². The first kappa shape index (κ1) is 29.3. The summed E-state index contributed by atoms with van der Waals surface area (Å²) in [5.74, 6) is -0.276. The summed E-state index contributed by atoms with van der Waals surface area (Å²) >= 11 is 12.5. The number of sulfonamides is 1. The molecule has 1 N–H and O–H groups in total. The first-order valence-electron chi connectivity index (χ1n) is 10.4. The minimum absolute atomic E-state index is 0.0977. The Kier molecular flexibility index (Phi) is 9.27. The number of carbonyl (C=O) groups is 2. The minimum atomic E-state index is -4.20. The quantitative estimate of drug-likeness (QED) is 0.457. The van der Waals surface area contributed by atoms with Gasteiger partial charge in [0.1, 0.15) is 11.4 Å². The van der Waals surface area contributed by atoms with Crippen molar-refractivity contribution in [2.45, 2.75) is 46.3 Å². The molecule has 1 amide bonds. The molecule has 0 saturated carbocycles. The fraction of sp³-hybridized carbons (Fsp3) is 0.409. The van der Waals surface area contributed by atoms with Gasteiger partial charge in [-0.1, -0.05) is 23.2 Å². The standard InChI is InChI=1S/C22H27Cl2N3O8S/c1-12-14(8-9-36(30,31)26-21(29)35-22(3,4)5)19(27(6)25-12)34-18-11-17(15(23)10-16(18)24)33-13(2)20(28)32-7/h8-11,13H,1-7H3,(H,26,29)/b9-8+/t13-/m0/s1. The Bertz CT molecular complexity index is 1280. The highest BCUT2D eigenvalue weighted by atomic mass is 35.5. The van der Waals surface area contributed by atoms with Crippen LogP contribution in [-0.2, 0) is 31.3 Å². The van der Waals surface area contributed by atoms with Crippen molar-refractivity contribution in [2.24, 2.45) is 7.05 Å². The average molecular weight is 564 g/mol. The van der Waals surface area contributed by atoms with E-state index in [1.807, 2.05) is 0 Å². The van der Waals surface area contributed by atoms with Crippen LogP contribution in [-0.4, -0.2) is 49.1 Å². The van der Waals surface area contributed by atoms with Gasteiger partial charge in [0.25, 0.3) is 10.0 Å². The van der Waals surface area contributed by atoms with Crippen molar-refractivity contribution in [2.75, 3.05) is 7.11 Å². The molecule has 1 heterocycles. The fourth-order valence-corrected chi connectivity index (χ4v) is 3.88. The molecule has 11 nitrogen and oxygen atoms in total. The molecule has 0 aliphatic carbocycles. The maximum Gasteiger partial charge on any atom is 0.421 e. The van der Waals surface area contributed by atoms with Gasteiger partial charge < -0.3 is 18.9 Å². The van der Waals surface area contributed by atoms with Crippen LogP contribution >= 0.6 is 23.2 Å². The molecule has 2 rings (SSSR count). The maximum atomic E-state index is 12.3. The summed E-state index contributed by atoms with van der Waals surface area (Å²) in [6.07, 6.45) is -0.861. The zero-order valence-corrected chi connectivity index (χ0v) is 23.0. The van der Waals surface area contributed by atoms with Gasteiger partial charge in [0.05, 0.1) is 33.8 Å². The molecule has 36 heavy (non-hydrogen) atoms. The second kappa shape index (κ2) is 11.4. The fourth-order valence-electron chi connectivity index (χ4n) is 2.76. The molecular formula is C22H27Cl2N3O8S. The molecule has 0 fully saturated rings. The minimum Gasteiger partial charge on any atom is -0.477 e. The largest absolute Gasteiger partial charge is 0.477 e. The van der Waals surface area contributed by atoms with Crippen LogP contribution in [0.3, 0.4) is 0 Å². The van der Waals surface area contributed by atoms with Gasteiger partial charge in [-0.05, 0) is 46.8 Å². The topological polar surface area (TPSA) is 135 Å². The number of aryl methyl sites for hydroxylation is 2. The van der Waals surface area contributed by atoms with Crippen molar-refractivity contribution in [3.05, 3.63) is 38.8 Å². The van der Waals surface area contributed by atoms with Crippen LogP contribution in [0.15, 0.2) is 17.5 Å². The SMILES string of the molecule is COC(=O)[C@H](C)Oc1cc(Oc2c(/C=C/S(=O)(=O)NC(=O)OC(C)(C)C)c(C)nn2C)c(Cl)cc1Cl. The number of aromatic nitrogens is 2. The first-order valence-corrected chi connectivity index (χ1v) is 12.7. The monoisotopic (exact) mass is 563 g/mol. The molecule has 1 aromatic heterocycles. The Morgan fingerprint density at radius 1 is 1.17 bits per heavy atom. The van der Waals surface area contributed by atoms with Crippen LogP contribution in [0.25, 0.3) is 6.08 Å². The number of hydrogen-bond donors (Lipinski definition) is 1. The molecule has 198 valence electrons. The van der Waals surface area contributed by atoms with Crippen molar-refractivity contribution in [3.63, 3.8) is 0 Å². The molecule has 0 unspecified atom stereocenters. The molecule has 0 bridgehead atoms. The third-order valence-electron chi connectivity index (χ3n) is 4.28. The lowest BCUT2D eigenvalue weighted by Crippen LogP contribution is -2.35. The Morgan fingerprint density at radius 2 is 1.78 bits per heavy atom. The number of rotatable bonds is 8. The van der Waals surface area contributed by atoms with E-state index in [-0.39, 0.29) is 27.4 Å². The summed E-state index contributed by atoms with van der Waals surface area (Å²) < 4.78 is 48.9. The van der Waals surface area contributed by atoms with Gasteiger partial charge in [0.2, 0.25) is 5.88 Å². The molecule has 2 aromatic rings. The van der Waals surface area contributed by atoms with Crippen molar-refractivity contribution in [1.82, 2.24) is 14.5 Å². The number of carbonyl (C=O) groups excluding carboxylic acids is 2. The van der Waals surface area contributed by atoms with Crippen LogP contribution in [0.2, 0.25) is 10.0 Å². The van der Waals surface area contributed by atoms with Crippen molar-refractivity contribution >= 4 is 51.4 Å². The van der Waals surface area contributed by atoms with Gasteiger partial charge in [-0.3, -0.25) is 0 Å². The highest BCUT2D eigenvalue weighted by Gasteiger charge is 2.22. The Morgan fingerprint density at radius 3 is 2.36 bits per heavy atom. The van der Waals surface area contributed by atoms with E-state index in [1.165, 1.54) is 36.9 Å². The van der Waals surface area contributed by atoms with E-state index in [4.69, 9.17) is 37.4 Å². The van der Waals surface area contributed by atoms with Gasteiger partial charge in [0.15, 0.2) is 11.9 Å². The van der Waals surface area contributed by atoms with Gasteiger partial charge >= 0.3 is 12.1 Å². The van der Waals surface area contributed by atoms with Crippen molar-refractivity contribution in [3.8, 4) is 17.4 Å². The lowest BCUT2D eigenvalue weighted by Gasteiger charge is -2.19. The number of halogens is 2. The van der Waals surface area contributed by atoms with Gasteiger partial charge in [0, 0.05) is 13.1 Å². The molecule has 0 aliphatic heterocycles. The molecule has 0 radical (unpaired) electrons. The van der Waals surface area contributed by atoms with Crippen LogP contribution in [0.4, 0.5) is 4.79 Å². The van der Waals surface area contributed by atoms with E-state index in [0.717, 1.165) is 5.41 Å². The number of hydrogen-bond acceptors (Lipinski definition) is 9. The number of methoxy groups -OCH3 is 1. The number of nitrogens with zero attached hydrogens (tertiary/aromatic N) is 2. The van der Waals surface area contributed by atoms with Gasteiger partial charge in [-0.2, -0.15) is 5.10 Å². The van der Waals surface area contributed by atoms with Crippen molar-refractivity contribution in [1.29, 1.82) is 0 Å². The zero-order valence-electron chi connectivity index (χ0n) is 20.7. The average Bonchev–Trinajstić information content (AvgIpc) is 2.99. The highest BCUT2D eigenvalue weighted by molar-refractivity contribution is 7.93. The second-order valence-electron chi connectivity index (χ2n) is 8.48. The predicted octanol–water partition coefficient (Wildman–Crippen LogP) is 4.59. The molecule has 14 heteroatoms. The predicted molar refractivity (Wildman–Crippen MR) is 134 cm³/mol. The maximum absolute atomic E-state index is 12.3. The third-order valence-corrected chi connectivity index (χ3v) is 5.82. The summed E-state index contributed by atoms with van der Waals surface area (Å²) in [5.41, 5.74) is -0.153.